The van der Waals surface area contributed by atoms with Crippen LogP contribution in [-0.2, 0) is 7.05 Å². The number of benzene rings is 1. The van der Waals surface area contributed by atoms with E-state index >= 15 is 0 Å². The predicted octanol–water partition coefficient (Wildman–Crippen LogP) is 1.28. The Bertz CT molecular complexity index is 714. The van der Waals surface area contributed by atoms with Gasteiger partial charge in [0, 0.05) is 7.05 Å². The minimum Gasteiger partial charge on any atom is -0.310 e. The van der Waals surface area contributed by atoms with Crippen LogP contribution in [0.2, 0.25) is 0 Å². The quantitative estimate of drug-likeness (QED) is 0.656. The number of aromatic nitrogens is 1. The van der Waals surface area contributed by atoms with E-state index in [1.54, 1.807) is 31.3 Å². The zero-order valence-corrected chi connectivity index (χ0v) is 8.56. The SMILES string of the molecule is Cn1c(=O)c(C#N)cc2ccc(C#N)cc21. The maximum Gasteiger partial charge on any atom is 0.268 e. The average molecular weight is 209 g/mol. The summed E-state index contributed by atoms with van der Waals surface area (Å²) >= 11 is 0. The molecule has 0 unspecified atom stereocenters. The van der Waals surface area contributed by atoms with Crippen LogP contribution < -0.4 is 5.56 Å². The summed E-state index contributed by atoms with van der Waals surface area (Å²) in [7, 11) is 1.59. The van der Waals surface area contributed by atoms with Gasteiger partial charge in [-0.15, -0.1) is 0 Å². The van der Waals surface area contributed by atoms with Gasteiger partial charge in [0.1, 0.15) is 11.6 Å². The molecule has 16 heavy (non-hydrogen) atoms. The van der Waals surface area contributed by atoms with Crippen LogP contribution in [0.4, 0.5) is 0 Å². The molecule has 0 aliphatic heterocycles. The molecule has 0 aliphatic rings. The van der Waals surface area contributed by atoms with Crippen molar-refractivity contribution in [3.8, 4) is 12.1 Å². The highest BCUT2D eigenvalue weighted by atomic mass is 16.1. The molecule has 1 aromatic carbocycles. The van der Waals surface area contributed by atoms with Gasteiger partial charge in [-0.3, -0.25) is 4.79 Å². The van der Waals surface area contributed by atoms with E-state index in [-0.39, 0.29) is 11.1 Å². The third-order valence-corrected chi connectivity index (χ3v) is 2.48. The Kier molecular flexibility index (Phi) is 2.19. The van der Waals surface area contributed by atoms with E-state index in [1.807, 2.05) is 12.1 Å². The molecular weight excluding hydrogens is 202 g/mol. The number of hydrogen-bond acceptors (Lipinski definition) is 3. The number of nitriles is 2. The number of rotatable bonds is 0. The molecule has 0 radical (unpaired) electrons. The van der Waals surface area contributed by atoms with Crippen molar-refractivity contribution in [2.45, 2.75) is 0 Å². The minimum absolute atomic E-state index is 0.111. The van der Waals surface area contributed by atoms with E-state index in [2.05, 4.69) is 0 Å². The second-order valence-electron chi connectivity index (χ2n) is 3.42. The van der Waals surface area contributed by atoms with Crippen molar-refractivity contribution in [2.75, 3.05) is 0 Å². The van der Waals surface area contributed by atoms with Crippen molar-refractivity contribution in [2.24, 2.45) is 7.05 Å². The Labute approximate surface area is 91.6 Å². The van der Waals surface area contributed by atoms with Gasteiger partial charge in [-0.25, -0.2) is 0 Å². The topological polar surface area (TPSA) is 69.6 Å². The van der Waals surface area contributed by atoms with Gasteiger partial charge in [0.15, 0.2) is 0 Å². The maximum atomic E-state index is 11.7. The molecule has 4 nitrogen and oxygen atoms in total. The minimum atomic E-state index is -0.343. The molecule has 2 aromatic rings. The first-order valence-corrected chi connectivity index (χ1v) is 4.61. The summed E-state index contributed by atoms with van der Waals surface area (Å²) < 4.78 is 1.38. The summed E-state index contributed by atoms with van der Waals surface area (Å²) in [4.78, 5) is 11.7. The van der Waals surface area contributed by atoms with Gasteiger partial charge in [0.2, 0.25) is 0 Å². The van der Waals surface area contributed by atoms with Crippen molar-refractivity contribution in [1.29, 1.82) is 10.5 Å². The Morgan fingerprint density at radius 1 is 1.19 bits per heavy atom. The van der Waals surface area contributed by atoms with Crippen LogP contribution >= 0.6 is 0 Å². The Hall–Kier alpha value is -2.59. The highest BCUT2D eigenvalue weighted by Gasteiger charge is 2.06. The van der Waals surface area contributed by atoms with Crippen LogP contribution in [-0.4, -0.2) is 4.57 Å². The fourth-order valence-electron chi connectivity index (χ4n) is 1.61. The third-order valence-electron chi connectivity index (χ3n) is 2.48. The van der Waals surface area contributed by atoms with Crippen molar-refractivity contribution in [3.05, 3.63) is 45.7 Å². The molecule has 1 heterocycles. The maximum absolute atomic E-state index is 11.7. The lowest BCUT2D eigenvalue weighted by Gasteiger charge is -2.05. The lowest BCUT2D eigenvalue weighted by molar-refractivity contribution is 0.901. The highest BCUT2D eigenvalue weighted by Crippen LogP contribution is 2.14. The van der Waals surface area contributed by atoms with Gasteiger partial charge in [-0.1, -0.05) is 6.07 Å². The van der Waals surface area contributed by atoms with Gasteiger partial charge in [-0.05, 0) is 23.6 Å². The predicted molar refractivity (Wildman–Crippen MR) is 58.6 cm³/mol. The monoisotopic (exact) mass is 209 g/mol. The number of aryl methyl sites for hydroxylation is 1. The smallest absolute Gasteiger partial charge is 0.268 e. The van der Waals surface area contributed by atoms with E-state index in [0.717, 1.165) is 5.39 Å². The number of fused-ring (bicyclic) bond motifs is 1. The molecule has 0 saturated carbocycles. The highest BCUT2D eigenvalue weighted by molar-refractivity contribution is 5.81. The second kappa shape index (κ2) is 3.52. The van der Waals surface area contributed by atoms with Crippen LogP contribution in [0.1, 0.15) is 11.1 Å². The van der Waals surface area contributed by atoms with Crippen LogP contribution in [0, 0.1) is 22.7 Å². The first kappa shape index (κ1) is 9.95. The molecule has 76 valence electrons. The standard InChI is InChI=1S/C12H7N3O/c1-15-11-4-8(6-13)2-3-9(11)5-10(7-14)12(15)16/h2-5H,1H3. The summed E-state index contributed by atoms with van der Waals surface area (Å²) in [5.41, 5.74) is 0.917. The Morgan fingerprint density at radius 2 is 1.94 bits per heavy atom. The van der Waals surface area contributed by atoms with Crippen LogP contribution in [0.3, 0.4) is 0 Å². The van der Waals surface area contributed by atoms with E-state index in [0.29, 0.717) is 11.1 Å². The van der Waals surface area contributed by atoms with Crippen LogP contribution in [0.15, 0.2) is 29.1 Å². The molecule has 0 bridgehead atoms. The van der Waals surface area contributed by atoms with Gasteiger partial charge in [0.25, 0.3) is 5.56 Å². The normalized spacial score (nSPS) is 9.69. The second-order valence-corrected chi connectivity index (χ2v) is 3.42. The zero-order chi connectivity index (χ0) is 11.7. The van der Waals surface area contributed by atoms with Crippen molar-refractivity contribution >= 4 is 10.9 Å². The summed E-state index contributed by atoms with van der Waals surface area (Å²) in [5.74, 6) is 0. The molecule has 0 spiro atoms. The number of nitrogens with zero attached hydrogens (tertiary/aromatic N) is 3. The first-order valence-electron chi connectivity index (χ1n) is 4.61. The van der Waals surface area contributed by atoms with Gasteiger partial charge in [-0.2, -0.15) is 10.5 Å². The summed E-state index contributed by atoms with van der Waals surface area (Å²) in [5, 5.41) is 18.3. The van der Waals surface area contributed by atoms with Crippen LogP contribution in [0.25, 0.3) is 10.9 Å². The lowest BCUT2D eigenvalue weighted by Crippen LogP contribution is -2.19. The van der Waals surface area contributed by atoms with Gasteiger partial charge in [0.05, 0.1) is 17.1 Å². The average Bonchev–Trinajstić information content (AvgIpc) is 2.33. The Balaban J connectivity index is 2.96. The largest absolute Gasteiger partial charge is 0.310 e. The Morgan fingerprint density at radius 3 is 2.56 bits per heavy atom. The summed E-state index contributed by atoms with van der Waals surface area (Å²) in [6, 6.07) is 10.4. The molecule has 0 atom stereocenters. The van der Waals surface area contributed by atoms with Crippen molar-refractivity contribution in [3.63, 3.8) is 0 Å². The molecule has 0 fully saturated rings. The molecular formula is C12H7N3O. The molecule has 4 heteroatoms. The van der Waals surface area contributed by atoms with Crippen LogP contribution in [0.5, 0.6) is 0 Å². The molecule has 2 rings (SSSR count). The van der Waals surface area contributed by atoms with Crippen molar-refractivity contribution < 1.29 is 0 Å². The summed E-state index contributed by atoms with van der Waals surface area (Å²) in [6.07, 6.45) is 0. The lowest BCUT2D eigenvalue weighted by atomic mass is 10.1. The molecule has 1 aromatic heterocycles. The summed E-state index contributed by atoms with van der Waals surface area (Å²) in [6.45, 7) is 0. The van der Waals surface area contributed by atoms with E-state index in [4.69, 9.17) is 10.5 Å². The number of hydrogen-bond donors (Lipinski definition) is 0. The fourth-order valence-corrected chi connectivity index (χ4v) is 1.61. The first-order chi connectivity index (χ1) is 7.67. The molecule has 0 N–H and O–H groups in total. The van der Waals surface area contributed by atoms with Gasteiger partial charge < -0.3 is 4.57 Å². The fraction of sp³-hybridized carbons (Fsp3) is 0.0833. The van der Waals surface area contributed by atoms with Crippen molar-refractivity contribution in [1.82, 2.24) is 4.57 Å². The zero-order valence-electron chi connectivity index (χ0n) is 8.56. The van der Waals surface area contributed by atoms with E-state index < -0.39 is 0 Å². The third kappa shape index (κ3) is 1.34. The van der Waals surface area contributed by atoms with Gasteiger partial charge >= 0.3 is 0 Å². The van der Waals surface area contributed by atoms with E-state index in [1.165, 1.54) is 4.57 Å². The molecule has 0 saturated heterocycles. The number of pyridine rings is 1. The molecule has 0 amide bonds. The molecule has 0 aliphatic carbocycles. The van der Waals surface area contributed by atoms with E-state index in [9.17, 15) is 4.79 Å².